The topological polar surface area (TPSA) is 36.9 Å². The maximum absolute atomic E-state index is 5.94. The fourth-order valence-corrected chi connectivity index (χ4v) is 2.62. The fourth-order valence-electron chi connectivity index (χ4n) is 2.62. The molecular formula is C9H17BO4. The second-order valence-electron chi connectivity index (χ2n) is 4.06. The Morgan fingerprint density at radius 1 is 1.50 bits per heavy atom. The van der Waals surface area contributed by atoms with Crippen molar-refractivity contribution in [1.29, 1.82) is 0 Å². The maximum Gasteiger partial charge on any atom is 0.142 e. The largest absolute Gasteiger partial charge is 0.382 e. The summed E-state index contributed by atoms with van der Waals surface area (Å²) in [7, 11) is 5.43. The third-order valence-electron chi connectivity index (χ3n) is 3.18. The lowest BCUT2D eigenvalue weighted by Crippen LogP contribution is -2.52. The summed E-state index contributed by atoms with van der Waals surface area (Å²) in [4.78, 5) is 0. The predicted octanol–water partition coefficient (Wildman–Crippen LogP) is -0.835. The Balaban J connectivity index is 2.20. The van der Waals surface area contributed by atoms with Crippen molar-refractivity contribution in [3.05, 3.63) is 0 Å². The molecule has 5 heteroatoms. The maximum atomic E-state index is 5.94. The number of fused-ring (bicyclic) bond motifs is 2. The first-order valence-electron chi connectivity index (χ1n) is 5.04. The van der Waals surface area contributed by atoms with E-state index in [0.717, 1.165) is 13.0 Å². The first-order chi connectivity index (χ1) is 6.73. The van der Waals surface area contributed by atoms with E-state index in [4.69, 9.17) is 18.9 Å². The zero-order chi connectivity index (χ0) is 10.2. The van der Waals surface area contributed by atoms with E-state index in [1.54, 1.807) is 14.2 Å². The number of hydrogen-bond donors (Lipinski definition) is 0. The summed E-state index contributed by atoms with van der Waals surface area (Å²) in [5.74, 6) is 0. The van der Waals surface area contributed by atoms with Crippen LogP contribution in [0.1, 0.15) is 6.42 Å². The van der Waals surface area contributed by atoms with Crippen LogP contribution in [0.25, 0.3) is 0 Å². The summed E-state index contributed by atoms with van der Waals surface area (Å²) >= 11 is 0. The van der Waals surface area contributed by atoms with Crippen LogP contribution in [0.15, 0.2) is 0 Å². The van der Waals surface area contributed by atoms with Gasteiger partial charge in [-0.05, 0) is 0 Å². The minimum atomic E-state index is -0.286. The zero-order valence-corrected chi connectivity index (χ0v) is 8.99. The van der Waals surface area contributed by atoms with Crippen LogP contribution in [0.2, 0.25) is 0 Å². The molecule has 0 N–H and O–H groups in total. The number of ether oxygens (including phenoxy) is 4. The van der Waals surface area contributed by atoms with E-state index in [0.29, 0.717) is 6.61 Å². The average molecular weight is 200 g/mol. The van der Waals surface area contributed by atoms with Crippen LogP contribution < -0.4 is 0 Å². The highest BCUT2D eigenvalue weighted by molar-refractivity contribution is 6.11. The van der Waals surface area contributed by atoms with Crippen molar-refractivity contribution in [2.45, 2.75) is 30.2 Å². The molecule has 2 bridgehead atoms. The van der Waals surface area contributed by atoms with E-state index in [1.165, 1.54) is 0 Å². The Morgan fingerprint density at radius 2 is 2.29 bits per heavy atom. The second-order valence-corrected chi connectivity index (χ2v) is 4.06. The highest BCUT2D eigenvalue weighted by Crippen LogP contribution is 2.40. The van der Waals surface area contributed by atoms with Gasteiger partial charge in [-0.25, -0.2) is 0 Å². The fraction of sp³-hybridized carbons (Fsp3) is 1.00. The molecule has 0 aromatic carbocycles. The van der Waals surface area contributed by atoms with Crippen LogP contribution in [0.3, 0.4) is 0 Å². The van der Waals surface area contributed by atoms with Crippen molar-refractivity contribution in [3.8, 4) is 0 Å². The molecule has 2 fully saturated rings. The van der Waals surface area contributed by atoms with Crippen LogP contribution >= 0.6 is 0 Å². The Morgan fingerprint density at radius 3 is 2.93 bits per heavy atom. The molecule has 0 radical (unpaired) electrons. The summed E-state index contributed by atoms with van der Waals surface area (Å²) in [5, 5.41) is 0. The van der Waals surface area contributed by atoms with Gasteiger partial charge in [-0.3, -0.25) is 0 Å². The molecule has 0 spiro atoms. The van der Waals surface area contributed by atoms with Gasteiger partial charge in [0.05, 0.1) is 19.2 Å². The van der Waals surface area contributed by atoms with Crippen molar-refractivity contribution in [2.75, 3.05) is 27.4 Å². The smallest absolute Gasteiger partial charge is 0.142 e. The van der Waals surface area contributed by atoms with Crippen molar-refractivity contribution < 1.29 is 18.9 Å². The number of methoxy groups -OCH3 is 2. The van der Waals surface area contributed by atoms with Gasteiger partial charge in [-0.1, -0.05) is 0 Å². The van der Waals surface area contributed by atoms with Crippen molar-refractivity contribution >= 4 is 7.85 Å². The third kappa shape index (κ3) is 1.39. The first-order valence-corrected chi connectivity index (χ1v) is 5.04. The number of hydrogen-bond acceptors (Lipinski definition) is 4. The van der Waals surface area contributed by atoms with Crippen molar-refractivity contribution in [3.63, 3.8) is 0 Å². The molecule has 0 saturated carbocycles. The molecule has 2 rings (SSSR count). The molecule has 4 nitrogen and oxygen atoms in total. The standard InChI is InChI=1S/C9H17BO4/c1-11-5-9-3-4-13-6(7(9)12-2)8(10)14-9/h6-8H,3-5,10H2,1-2H3/t6-,7+,8-,9-/m1/s1. The van der Waals surface area contributed by atoms with Gasteiger partial charge < -0.3 is 18.9 Å². The van der Waals surface area contributed by atoms with Crippen LogP contribution in [0, 0.1) is 0 Å². The molecule has 80 valence electrons. The van der Waals surface area contributed by atoms with E-state index >= 15 is 0 Å². The van der Waals surface area contributed by atoms with Gasteiger partial charge in [0.2, 0.25) is 0 Å². The van der Waals surface area contributed by atoms with Gasteiger partial charge in [0.25, 0.3) is 0 Å². The Bertz CT molecular complexity index is 209. The van der Waals surface area contributed by atoms with E-state index in [2.05, 4.69) is 0 Å². The lowest BCUT2D eigenvalue weighted by molar-refractivity contribution is -0.155. The second kappa shape index (κ2) is 3.81. The molecule has 0 aromatic heterocycles. The summed E-state index contributed by atoms with van der Waals surface area (Å²) in [5.41, 5.74) is -0.286. The predicted molar refractivity (Wildman–Crippen MR) is 53.2 cm³/mol. The zero-order valence-electron chi connectivity index (χ0n) is 8.99. The number of rotatable bonds is 3. The summed E-state index contributed by atoms with van der Waals surface area (Å²) in [6, 6.07) is 0.0950. The summed E-state index contributed by atoms with van der Waals surface area (Å²) in [6.45, 7) is 1.31. The molecule has 0 unspecified atom stereocenters. The molecular weight excluding hydrogens is 183 g/mol. The van der Waals surface area contributed by atoms with Crippen LogP contribution in [0.4, 0.5) is 0 Å². The Labute approximate surface area is 85.3 Å². The Hall–Kier alpha value is -0.0951. The van der Waals surface area contributed by atoms with E-state index in [9.17, 15) is 0 Å². The molecule has 0 amide bonds. The molecule has 4 atom stereocenters. The SMILES string of the molecule is B[C@@H]1O[C@@]2(COC)CCO[C@@H]1[C@@H]2OC. The van der Waals surface area contributed by atoms with Gasteiger partial charge in [0, 0.05) is 20.6 Å². The molecule has 2 aliphatic heterocycles. The third-order valence-corrected chi connectivity index (χ3v) is 3.18. The van der Waals surface area contributed by atoms with E-state index in [1.807, 2.05) is 7.85 Å². The highest BCUT2D eigenvalue weighted by atomic mass is 16.6. The molecule has 14 heavy (non-hydrogen) atoms. The van der Waals surface area contributed by atoms with E-state index in [-0.39, 0.29) is 23.8 Å². The van der Waals surface area contributed by atoms with Crippen molar-refractivity contribution in [2.24, 2.45) is 0 Å². The van der Waals surface area contributed by atoms with Crippen LogP contribution in [0.5, 0.6) is 0 Å². The highest BCUT2D eigenvalue weighted by Gasteiger charge is 2.57. The molecule has 2 heterocycles. The lowest BCUT2D eigenvalue weighted by Gasteiger charge is -2.37. The van der Waals surface area contributed by atoms with Gasteiger partial charge >= 0.3 is 0 Å². The Kier molecular flexibility index (Phi) is 2.84. The molecule has 2 saturated heterocycles. The first kappa shape index (κ1) is 10.4. The summed E-state index contributed by atoms with van der Waals surface area (Å²) in [6.07, 6.45) is 0.912. The normalized spacial score (nSPS) is 46.9. The van der Waals surface area contributed by atoms with Crippen LogP contribution in [-0.4, -0.2) is 59.1 Å². The lowest BCUT2D eigenvalue weighted by atomic mass is 9.86. The van der Waals surface area contributed by atoms with Crippen LogP contribution in [-0.2, 0) is 18.9 Å². The van der Waals surface area contributed by atoms with Gasteiger partial charge in [-0.15, -0.1) is 0 Å². The molecule has 0 aliphatic carbocycles. The monoisotopic (exact) mass is 200 g/mol. The average Bonchev–Trinajstić information content (AvgIpc) is 2.30. The minimum Gasteiger partial charge on any atom is -0.382 e. The van der Waals surface area contributed by atoms with Gasteiger partial charge in [0.15, 0.2) is 0 Å². The van der Waals surface area contributed by atoms with Crippen molar-refractivity contribution in [1.82, 2.24) is 0 Å². The van der Waals surface area contributed by atoms with Gasteiger partial charge in [-0.2, -0.15) is 0 Å². The van der Waals surface area contributed by atoms with Gasteiger partial charge in [0.1, 0.15) is 25.7 Å². The van der Waals surface area contributed by atoms with E-state index < -0.39 is 0 Å². The quantitative estimate of drug-likeness (QED) is 0.557. The molecule has 2 aliphatic rings. The molecule has 0 aromatic rings. The summed E-state index contributed by atoms with van der Waals surface area (Å²) < 4.78 is 22.3. The minimum absolute atomic E-state index is 0.00574.